The number of hydrogen-bond donors (Lipinski definition) is 2. The number of carbonyl (C=O) groups is 4. The number of carbonyl (C=O) groups excluding carboxylic acids is 4. The maximum absolute atomic E-state index is 11.9. The molecule has 6 nitrogen and oxygen atoms in total. The van der Waals surface area contributed by atoms with Gasteiger partial charge in [-0.25, -0.2) is 0 Å². The molecule has 24 rings (SSSR count). The van der Waals surface area contributed by atoms with Crippen molar-refractivity contribution in [1.82, 2.24) is 0 Å². The monoisotopic (exact) mass is 1720 g/mol. The van der Waals surface area contributed by atoms with Crippen molar-refractivity contribution < 1.29 is 29.4 Å². The summed E-state index contributed by atoms with van der Waals surface area (Å²) in [6.45, 7) is 51.1. The topological polar surface area (TPSA) is 109 Å². The molecule has 0 saturated heterocycles. The Hall–Kier alpha value is -3.22. The molecule has 6 heteroatoms. The standard InChI is InChI=1S/3C20H32O.C20H30O.2C20H28O/c6*1-13-4-7-17-16-6-5-14-12-15(21)8-10-20(14,3)18(16)9-11-19(13,17)2/h13-14,16-18H,4-12H2,1-3H3;5,13,15-18,21H,4,6-12H2,1-3H3;14-18,21H,1,4-12H2,2-3H3;12-13,16-18H,4-11H2,1-3H3;12,16-18H,1,4-11H2,2-3H3;5,16-18H,1,4,6-12H2,2-3H3/t13-,14?,16-,17-,18-,19+,20-;13-,15-,16-,17-,18-,19+,20-;14?,15-,16+,17+,18+,19-,20+;13-,16-,17-,18-,19+,20-;2*16-,17-,18-,19+,20-/m001000/s1. The maximum Gasteiger partial charge on any atom is 0.155 e. The molecule has 24 aliphatic rings. The second kappa shape index (κ2) is 33.4. The Balaban J connectivity index is 0.0000000987. The van der Waals surface area contributed by atoms with Gasteiger partial charge in [-0.2, -0.15) is 0 Å². The second-order valence-electron chi connectivity index (χ2n) is 53.9. The molecule has 0 aliphatic heterocycles. The van der Waals surface area contributed by atoms with Crippen molar-refractivity contribution in [2.45, 2.75) is 437 Å². The van der Waals surface area contributed by atoms with Crippen molar-refractivity contribution >= 4 is 23.1 Å². The van der Waals surface area contributed by atoms with Crippen LogP contribution in [0.1, 0.15) is 425 Å². The van der Waals surface area contributed by atoms with Gasteiger partial charge >= 0.3 is 0 Å². The van der Waals surface area contributed by atoms with Crippen LogP contribution < -0.4 is 0 Å². The fourth-order valence-corrected chi connectivity index (χ4v) is 41.0. The minimum Gasteiger partial charge on any atom is -0.393 e. The van der Waals surface area contributed by atoms with Gasteiger partial charge in [-0.15, -0.1) is 0 Å². The van der Waals surface area contributed by atoms with Crippen LogP contribution in [0, 0.1) is 201 Å². The molecule has 0 aromatic heterocycles. The highest BCUT2D eigenvalue weighted by Gasteiger charge is 2.66. The third-order valence-electron chi connectivity index (χ3n) is 50.3. The molecule has 20 fully saturated rings. The van der Waals surface area contributed by atoms with Gasteiger partial charge in [-0.05, 0) is 496 Å². The first-order valence-electron chi connectivity index (χ1n) is 55.0. The number of rotatable bonds is 0. The SMILES string of the molecule is C=C1CC[C@H]2[C@@H]3CC=C4CC(=O)CC[C@]4(C)[C@H]3CC[C@]12C.C=C1CC[C@H]2[C@@H]3CCC4=CC(=O)CC[C@]4(C)[C@H]3CC[C@]12C.C=C1CC[C@H]2[C@@H]3CCC4C[C@H](O)CC[C@]4(C)[C@H]3CC[C@]12C.C[C@H]1CC[C@H]2[C@@H]3CC=C4C[C@@H](O)CC[C@]4(C)[C@H]3CC[C@]12C.C[C@H]1CC[C@H]2[C@@H]3CCC4=CC(=O)CC[C@]4(C)[C@H]3CC[C@]12C.C[C@H]1CC[C@H]2[C@@H]3CCC4CC(=O)CC[C@]4(C)[C@H]3CC[C@]12C. The van der Waals surface area contributed by atoms with Gasteiger partial charge in [0.25, 0.3) is 0 Å². The first-order valence-corrected chi connectivity index (χ1v) is 55.0. The summed E-state index contributed by atoms with van der Waals surface area (Å²) in [5, 5.41) is 20.1. The molecule has 698 valence electrons. The van der Waals surface area contributed by atoms with Crippen molar-refractivity contribution in [2.24, 2.45) is 201 Å². The number of aliphatic hydroxyl groups is 2. The summed E-state index contributed by atoms with van der Waals surface area (Å²) in [5.74, 6) is 22.3. The average molecular weight is 1720 g/mol. The minimum atomic E-state index is -0.0683. The van der Waals surface area contributed by atoms with Gasteiger partial charge in [0, 0.05) is 38.5 Å². The summed E-state index contributed by atoms with van der Waals surface area (Å²) in [7, 11) is 0. The Kier molecular flexibility index (Phi) is 24.3. The van der Waals surface area contributed by atoms with Crippen molar-refractivity contribution in [3.63, 3.8) is 0 Å². The van der Waals surface area contributed by atoms with Gasteiger partial charge in [-0.1, -0.05) is 175 Å². The van der Waals surface area contributed by atoms with Crippen molar-refractivity contribution in [1.29, 1.82) is 0 Å². The number of Topliss-reactive ketones (excluding diaryl/α,β-unsaturated/α-hetero) is 2. The number of fused-ring (bicyclic) bond motifs is 30. The Morgan fingerprint density at radius 3 is 1.13 bits per heavy atom. The van der Waals surface area contributed by atoms with Crippen LogP contribution in [-0.4, -0.2) is 45.6 Å². The fourth-order valence-electron chi connectivity index (χ4n) is 41.0. The molecule has 37 atom stereocenters. The van der Waals surface area contributed by atoms with Crippen LogP contribution >= 0.6 is 0 Å². The Morgan fingerprint density at radius 2 is 0.611 bits per heavy atom. The lowest BCUT2D eigenvalue weighted by molar-refractivity contribution is -0.139. The predicted molar refractivity (Wildman–Crippen MR) is 517 cm³/mol. The fraction of sp³-hybridized carbons (Fsp3) is 0.850. The molecule has 20 saturated carbocycles. The summed E-state index contributed by atoms with van der Waals surface area (Å²) < 4.78 is 0. The molecule has 126 heavy (non-hydrogen) atoms. The minimum absolute atomic E-state index is 0.0141. The maximum atomic E-state index is 11.9. The van der Waals surface area contributed by atoms with E-state index in [1.165, 1.54) is 265 Å². The molecular formula is C120H182O6. The van der Waals surface area contributed by atoms with E-state index in [9.17, 15) is 29.4 Å². The van der Waals surface area contributed by atoms with E-state index in [1.807, 2.05) is 12.2 Å². The van der Waals surface area contributed by atoms with Crippen LogP contribution in [0.3, 0.4) is 0 Å². The zero-order chi connectivity index (χ0) is 89.0. The van der Waals surface area contributed by atoms with Crippen LogP contribution in [0.5, 0.6) is 0 Å². The lowest BCUT2D eigenvalue weighted by Gasteiger charge is -2.60. The van der Waals surface area contributed by atoms with Crippen LogP contribution in [-0.2, 0) is 19.2 Å². The highest BCUT2D eigenvalue weighted by Crippen LogP contribution is 2.75. The van der Waals surface area contributed by atoms with Crippen molar-refractivity contribution in [3.05, 3.63) is 83.1 Å². The summed E-state index contributed by atoms with van der Waals surface area (Å²) in [6.07, 6.45) is 71.5. The van der Waals surface area contributed by atoms with Crippen LogP contribution in [0.15, 0.2) is 83.1 Å². The Morgan fingerprint density at radius 1 is 0.270 bits per heavy atom. The predicted octanol–water partition coefficient (Wildman–Crippen LogP) is 30.4. The number of hydrogen-bond acceptors (Lipinski definition) is 6. The lowest BCUT2D eigenvalue weighted by atomic mass is 9.45. The van der Waals surface area contributed by atoms with Gasteiger partial charge in [0.05, 0.1) is 12.2 Å². The Bertz CT molecular complexity index is 4360. The van der Waals surface area contributed by atoms with E-state index in [4.69, 9.17) is 0 Å². The first kappa shape index (κ1) is 91.9. The van der Waals surface area contributed by atoms with E-state index < -0.39 is 0 Å². The van der Waals surface area contributed by atoms with E-state index in [-0.39, 0.29) is 12.2 Å². The molecule has 2 N–H and O–H groups in total. The van der Waals surface area contributed by atoms with Crippen molar-refractivity contribution in [2.75, 3.05) is 0 Å². The largest absolute Gasteiger partial charge is 0.393 e. The summed E-state index contributed by atoms with van der Waals surface area (Å²) in [4.78, 5) is 47.4. The van der Waals surface area contributed by atoms with Crippen LogP contribution in [0.2, 0.25) is 0 Å². The zero-order valence-electron chi connectivity index (χ0n) is 83.2. The van der Waals surface area contributed by atoms with Crippen LogP contribution in [0.4, 0.5) is 0 Å². The normalized spacial score (nSPS) is 53.4. The second-order valence-corrected chi connectivity index (χ2v) is 53.9. The number of allylic oxidation sites excluding steroid dienone is 8. The molecule has 0 heterocycles. The summed E-state index contributed by atoms with van der Waals surface area (Å²) in [6, 6.07) is 0. The number of aliphatic hydroxyl groups excluding tert-OH is 2. The van der Waals surface area contributed by atoms with E-state index in [0.29, 0.717) is 94.0 Å². The van der Waals surface area contributed by atoms with Gasteiger partial charge in [-0.3, -0.25) is 19.2 Å². The molecule has 0 aromatic carbocycles. The third-order valence-corrected chi connectivity index (χ3v) is 50.3. The quantitative estimate of drug-likeness (QED) is 0.234. The van der Waals surface area contributed by atoms with E-state index >= 15 is 0 Å². The average Bonchev–Trinajstić information content (AvgIpc) is 1.45. The number of ketones is 4. The Labute approximate surface area is 768 Å². The van der Waals surface area contributed by atoms with Crippen molar-refractivity contribution in [3.8, 4) is 0 Å². The first-order chi connectivity index (χ1) is 59.7. The lowest BCUT2D eigenvalue weighted by Crippen LogP contribution is -2.53. The smallest absolute Gasteiger partial charge is 0.155 e. The molecule has 2 unspecified atom stereocenters. The third kappa shape index (κ3) is 14.6. The van der Waals surface area contributed by atoms with E-state index in [1.54, 1.807) is 11.1 Å². The highest BCUT2D eigenvalue weighted by atomic mass is 16.3. The zero-order valence-corrected chi connectivity index (χ0v) is 83.2. The molecule has 0 amide bonds. The summed E-state index contributed by atoms with van der Waals surface area (Å²) in [5.41, 5.74) is 16.3. The molecular weight excluding hydrogens is 1540 g/mol. The molecule has 24 aliphatic carbocycles. The molecule has 0 spiro atoms. The van der Waals surface area contributed by atoms with Crippen LogP contribution in [0.25, 0.3) is 0 Å². The van der Waals surface area contributed by atoms with E-state index in [2.05, 4.69) is 136 Å². The summed E-state index contributed by atoms with van der Waals surface area (Å²) >= 11 is 0. The van der Waals surface area contributed by atoms with Gasteiger partial charge < -0.3 is 10.2 Å². The van der Waals surface area contributed by atoms with Gasteiger partial charge in [0.1, 0.15) is 11.6 Å². The molecule has 0 radical (unpaired) electrons. The highest BCUT2D eigenvalue weighted by molar-refractivity contribution is 5.92. The van der Waals surface area contributed by atoms with Gasteiger partial charge in [0.15, 0.2) is 11.6 Å². The molecule has 0 bridgehead atoms. The molecule has 0 aromatic rings. The van der Waals surface area contributed by atoms with Gasteiger partial charge in [0.2, 0.25) is 0 Å². The van der Waals surface area contributed by atoms with E-state index in [0.717, 1.165) is 214 Å².